The van der Waals surface area contributed by atoms with E-state index in [1.807, 2.05) is 30.3 Å². The molecule has 0 fully saturated rings. The third kappa shape index (κ3) is 4.72. The summed E-state index contributed by atoms with van der Waals surface area (Å²) in [7, 11) is 0.933. The van der Waals surface area contributed by atoms with Crippen molar-refractivity contribution in [1.29, 1.82) is 0 Å². The van der Waals surface area contributed by atoms with Crippen molar-refractivity contribution in [3.8, 4) is 5.75 Å². The molecule has 2 aromatic carbocycles. The summed E-state index contributed by atoms with van der Waals surface area (Å²) in [4.78, 5) is 24.0. The van der Waals surface area contributed by atoms with Gasteiger partial charge in [0.15, 0.2) is 5.13 Å². The van der Waals surface area contributed by atoms with E-state index in [1.54, 1.807) is 24.4 Å². The molecule has 33 heavy (non-hydrogen) atoms. The molecule has 4 rings (SSSR count). The van der Waals surface area contributed by atoms with E-state index < -0.39 is 10.0 Å². The Morgan fingerprint density at radius 3 is 2.48 bits per heavy atom. The highest BCUT2D eigenvalue weighted by atomic mass is 32.2. The van der Waals surface area contributed by atoms with Crippen LogP contribution in [0.1, 0.15) is 15.9 Å². The third-order valence-electron chi connectivity index (χ3n) is 5.00. The second kappa shape index (κ2) is 9.26. The molecule has 8 nitrogen and oxygen atoms in total. The summed E-state index contributed by atoms with van der Waals surface area (Å²) in [6.07, 6.45) is 3.37. The molecule has 0 aliphatic rings. The molecule has 0 radical (unpaired) electrons. The Kier molecular flexibility index (Phi) is 6.41. The predicted molar refractivity (Wildman–Crippen MR) is 128 cm³/mol. The molecule has 0 aliphatic heterocycles. The molecule has 170 valence electrons. The lowest BCUT2D eigenvalue weighted by Crippen LogP contribution is -2.30. The summed E-state index contributed by atoms with van der Waals surface area (Å²) in [5, 5.41) is 0.525. The van der Waals surface area contributed by atoms with E-state index in [-0.39, 0.29) is 17.3 Å². The Balaban J connectivity index is 1.72. The van der Waals surface area contributed by atoms with Crippen molar-refractivity contribution in [2.24, 2.45) is 0 Å². The maximum absolute atomic E-state index is 13.5. The van der Waals surface area contributed by atoms with Gasteiger partial charge < -0.3 is 4.74 Å². The molecular weight excluding hydrogens is 460 g/mol. The number of thiazole rings is 1. The van der Waals surface area contributed by atoms with E-state index in [4.69, 9.17) is 4.74 Å². The van der Waals surface area contributed by atoms with E-state index in [0.29, 0.717) is 16.4 Å². The van der Waals surface area contributed by atoms with Gasteiger partial charge in [-0.15, -0.1) is 0 Å². The molecule has 0 aliphatic carbocycles. The minimum Gasteiger partial charge on any atom is -0.497 e. The van der Waals surface area contributed by atoms with Crippen molar-refractivity contribution < 1.29 is 17.9 Å². The first kappa shape index (κ1) is 22.8. The van der Waals surface area contributed by atoms with Crippen molar-refractivity contribution in [2.45, 2.75) is 11.4 Å². The number of anilines is 1. The fourth-order valence-corrected chi connectivity index (χ4v) is 5.02. The summed E-state index contributed by atoms with van der Waals surface area (Å²) in [6.45, 7) is 0.265. The lowest BCUT2D eigenvalue weighted by atomic mass is 10.2. The number of fused-ring (bicyclic) bond motifs is 1. The number of benzene rings is 2. The molecule has 0 N–H and O–H groups in total. The van der Waals surface area contributed by atoms with E-state index in [0.717, 1.165) is 20.1 Å². The molecule has 0 saturated heterocycles. The Morgan fingerprint density at radius 2 is 1.85 bits per heavy atom. The normalized spacial score (nSPS) is 11.6. The van der Waals surface area contributed by atoms with Gasteiger partial charge in [0.2, 0.25) is 10.0 Å². The van der Waals surface area contributed by atoms with Crippen LogP contribution in [0.5, 0.6) is 5.75 Å². The van der Waals surface area contributed by atoms with Gasteiger partial charge in [0, 0.05) is 38.1 Å². The van der Waals surface area contributed by atoms with Crippen molar-refractivity contribution >= 4 is 42.6 Å². The first-order valence-corrected chi connectivity index (χ1v) is 12.2. The summed E-state index contributed by atoms with van der Waals surface area (Å²) in [6, 6.07) is 15.2. The van der Waals surface area contributed by atoms with Crippen LogP contribution < -0.4 is 9.64 Å². The van der Waals surface area contributed by atoms with Crippen LogP contribution in [0.2, 0.25) is 0 Å². The number of hydrogen-bond acceptors (Lipinski definition) is 7. The predicted octanol–water partition coefficient (Wildman–Crippen LogP) is 3.80. The maximum atomic E-state index is 13.5. The second-order valence-corrected chi connectivity index (χ2v) is 10.6. The zero-order valence-electron chi connectivity index (χ0n) is 18.3. The van der Waals surface area contributed by atoms with Gasteiger partial charge in [-0.3, -0.25) is 14.7 Å². The molecule has 2 aromatic heterocycles. The number of ether oxygens (including phenoxy) is 1. The molecule has 0 spiro atoms. The number of carbonyl (C=O) groups excluding carboxylic acids is 1. The fourth-order valence-electron chi connectivity index (χ4n) is 3.17. The van der Waals surface area contributed by atoms with E-state index in [9.17, 15) is 13.2 Å². The van der Waals surface area contributed by atoms with Crippen LogP contribution in [0.4, 0.5) is 5.13 Å². The lowest BCUT2D eigenvalue weighted by Gasteiger charge is -2.20. The number of methoxy groups -OCH3 is 1. The summed E-state index contributed by atoms with van der Waals surface area (Å²) in [5.74, 6) is 0.390. The van der Waals surface area contributed by atoms with Crippen LogP contribution in [0, 0.1) is 0 Å². The number of sulfonamides is 1. The highest BCUT2D eigenvalue weighted by Crippen LogP contribution is 2.33. The van der Waals surface area contributed by atoms with Crippen LogP contribution in [0.3, 0.4) is 0 Å². The second-order valence-electron chi connectivity index (χ2n) is 7.39. The van der Waals surface area contributed by atoms with Gasteiger partial charge in [-0.1, -0.05) is 17.4 Å². The van der Waals surface area contributed by atoms with Crippen molar-refractivity contribution in [2.75, 3.05) is 26.1 Å². The average molecular weight is 483 g/mol. The molecule has 0 atom stereocenters. The quantitative estimate of drug-likeness (QED) is 0.398. The number of amides is 1. The van der Waals surface area contributed by atoms with Crippen molar-refractivity contribution in [1.82, 2.24) is 14.3 Å². The summed E-state index contributed by atoms with van der Waals surface area (Å²) in [5.41, 5.74) is 1.92. The molecule has 10 heteroatoms. The molecular formula is C23H22N4O4S2. The van der Waals surface area contributed by atoms with Crippen LogP contribution >= 0.6 is 11.3 Å². The van der Waals surface area contributed by atoms with Crippen LogP contribution in [-0.2, 0) is 16.6 Å². The van der Waals surface area contributed by atoms with Crippen LogP contribution in [-0.4, -0.2) is 49.8 Å². The minimum absolute atomic E-state index is 0.120. The average Bonchev–Trinajstić information content (AvgIpc) is 3.25. The number of nitrogens with zero attached hydrogens (tertiary/aromatic N) is 4. The molecule has 0 unspecified atom stereocenters. The zero-order chi connectivity index (χ0) is 23.6. The third-order valence-corrected chi connectivity index (χ3v) is 7.89. The van der Waals surface area contributed by atoms with Crippen molar-refractivity contribution in [3.05, 3.63) is 78.1 Å². The van der Waals surface area contributed by atoms with E-state index in [2.05, 4.69) is 9.97 Å². The van der Waals surface area contributed by atoms with Gasteiger partial charge in [0.25, 0.3) is 5.91 Å². The van der Waals surface area contributed by atoms with Crippen LogP contribution in [0.15, 0.2) is 71.9 Å². The maximum Gasteiger partial charge on any atom is 0.260 e. The van der Waals surface area contributed by atoms with E-state index in [1.165, 1.54) is 49.7 Å². The molecule has 1 amide bonds. The van der Waals surface area contributed by atoms with E-state index >= 15 is 0 Å². The molecule has 4 aromatic rings. The molecule has 0 bridgehead atoms. The molecule has 2 heterocycles. The minimum atomic E-state index is -3.59. The Morgan fingerprint density at radius 1 is 1.09 bits per heavy atom. The van der Waals surface area contributed by atoms with Gasteiger partial charge >= 0.3 is 0 Å². The first-order valence-electron chi connectivity index (χ1n) is 9.97. The van der Waals surface area contributed by atoms with Gasteiger partial charge in [-0.05, 0) is 48.0 Å². The largest absolute Gasteiger partial charge is 0.497 e. The Bertz CT molecular complexity index is 1390. The molecule has 0 saturated carbocycles. The monoisotopic (exact) mass is 482 g/mol. The smallest absolute Gasteiger partial charge is 0.260 e. The number of pyridine rings is 1. The van der Waals surface area contributed by atoms with Gasteiger partial charge in [0.05, 0.1) is 28.8 Å². The number of hydrogen-bond donors (Lipinski definition) is 0. The Hall–Kier alpha value is -3.34. The standard InChI is InChI=1S/C23H22N4O4S2/c1-26(2)33(29,30)19-9-6-17(7-10-19)22(28)27(15-16-5-4-12-24-14-16)23-25-20-13-18(31-3)8-11-21(20)32-23/h4-14H,15H2,1-3H3. The zero-order valence-corrected chi connectivity index (χ0v) is 19.9. The highest BCUT2D eigenvalue weighted by Gasteiger charge is 2.23. The van der Waals surface area contributed by atoms with Crippen molar-refractivity contribution in [3.63, 3.8) is 0 Å². The summed E-state index contributed by atoms with van der Waals surface area (Å²) >= 11 is 1.39. The SMILES string of the molecule is COc1ccc2sc(N(Cc3cccnc3)C(=O)c3ccc(S(=O)(=O)N(C)C)cc3)nc2c1. The number of aromatic nitrogens is 2. The fraction of sp³-hybridized carbons (Fsp3) is 0.174. The van der Waals surface area contributed by atoms with Gasteiger partial charge in [-0.2, -0.15) is 0 Å². The van der Waals surface area contributed by atoms with Gasteiger partial charge in [0.1, 0.15) is 5.75 Å². The Labute approximate surface area is 196 Å². The summed E-state index contributed by atoms with van der Waals surface area (Å²) < 4.78 is 32.1. The topological polar surface area (TPSA) is 92.7 Å². The van der Waals surface area contributed by atoms with Gasteiger partial charge in [-0.25, -0.2) is 17.7 Å². The highest BCUT2D eigenvalue weighted by molar-refractivity contribution is 7.89. The van der Waals surface area contributed by atoms with Crippen LogP contribution in [0.25, 0.3) is 10.2 Å². The number of carbonyl (C=O) groups is 1. The first-order chi connectivity index (χ1) is 15.8. The number of rotatable bonds is 7. The lowest BCUT2D eigenvalue weighted by molar-refractivity contribution is 0.0985.